The molecule has 20 heavy (non-hydrogen) atoms. The maximum absolute atomic E-state index is 9.33. The fraction of sp³-hybridized carbons (Fsp3) is 0.533. The summed E-state index contributed by atoms with van der Waals surface area (Å²) in [6, 6.07) is 8.57. The third kappa shape index (κ3) is 3.89. The van der Waals surface area contributed by atoms with Gasteiger partial charge in [-0.15, -0.1) is 11.8 Å². The van der Waals surface area contributed by atoms with Gasteiger partial charge in [0.15, 0.2) is 0 Å². The number of nitriles is 1. The molecule has 1 N–H and O–H groups in total. The van der Waals surface area contributed by atoms with Gasteiger partial charge in [-0.1, -0.05) is 6.07 Å². The predicted octanol–water partition coefficient (Wildman–Crippen LogP) is 2.41. The van der Waals surface area contributed by atoms with Gasteiger partial charge >= 0.3 is 0 Å². The van der Waals surface area contributed by atoms with Crippen molar-refractivity contribution < 1.29 is 4.74 Å². The highest BCUT2D eigenvalue weighted by molar-refractivity contribution is 7.98. The third-order valence-corrected chi connectivity index (χ3v) is 4.18. The summed E-state index contributed by atoms with van der Waals surface area (Å²) in [5.41, 5.74) is 1.67. The average Bonchev–Trinajstić information content (AvgIpc) is 2.47. The number of nitrogens with zero attached hydrogens (tertiary/aromatic N) is 2. The fourth-order valence-corrected chi connectivity index (χ4v) is 2.99. The number of thioether (sulfide) groups is 1. The van der Waals surface area contributed by atoms with Gasteiger partial charge in [0.2, 0.25) is 0 Å². The van der Waals surface area contributed by atoms with Gasteiger partial charge < -0.3 is 10.1 Å². The Labute approximate surface area is 125 Å². The summed E-state index contributed by atoms with van der Waals surface area (Å²) >= 11 is 1.61. The van der Waals surface area contributed by atoms with Crippen molar-refractivity contribution in [3.05, 3.63) is 23.8 Å². The van der Waals surface area contributed by atoms with Gasteiger partial charge in [-0.3, -0.25) is 4.90 Å². The lowest BCUT2D eigenvalue weighted by atomic mass is 10.1. The van der Waals surface area contributed by atoms with Crippen LogP contribution in [0, 0.1) is 11.3 Å². The largest absolute Gasteiger partial charge is 0.380 e. The first-order chi connectivity index (χ1) is 9.74. The Kier molecular flexibility index (Phi) is 5.72. The molecule has 1 aliphatic rings. The summed E-state index contributed by atoms with van der Waals surface area (Å²) < 4.78 is 5.36. The fourth-order valence-electron chi connectivity index (χ4n) is 2.42. The normalized spacial score (nSPS) is 17.4. The van der Waals surface area contributed by atoms with E-state index in [1.165, 1.54) is 0 Å². The van der Waals surface area contributed by atoms with E-state index in [2.05, 4.69) is 23.2 Å². The minimum atomic E-state index is 0.303. The molecule has 1 aromatic carbocycles. The van der Waals surface area contributed by atoms with Gasteiger partial charge in [0.1, 0.15) is 6.07 Å². The Bertz CT molecular complexity index is 480. The Morgan fingerprint density at radius 3 is 2.85 bits per heavy atom. The van der Waals surface area contributed by atoms with E-state index in [0.29, 0.717) is 6.04 Å². The standard InChI is InChI=1S/C15H21N3OS/c1-12(11-18-6-8-19-9-7-18)17-14-4-3-5-15(20-2)13(14)10-16/h3-5,12,17H,6-9,11H2,1-2H3. The van der Waals surface area contributed by atoms with Gasteiger partial charge in [0, 0.05) is 30.6 Å². The molecule has 0 radical (unpaired) electrons. The van der Waals surface area contributed by atoms with E-state index in [1.54, 1.807) is 11.8 Å². The molecule has 1 unspecified atom stereocenters. The van der Waals surface area contributed by atoms with Crippen LogP contribution in [0.2, 0.25) is 0 Å². The van der Waals surface area contributed by atoms with E-state index >= 15 is 0 Å². The minimum Gasteiger partial charge on any atom is -0.380 e. The molecule has 1 aliphatic heterocycles. The summed E-state index contributed by atoms with van der Waals surface area (Å²) in [4.78, 5) is 3.42. The smallest absolute Gasteiger partial charge is 0.102 e. The van der Waals surface area contributed by atoms with Crippen LogP contribution in [0.1, 0.15) is 12.5 Å². The molecule has 108 valence electrons. The van der Waals surface area contributed by atoms with Crippen molar-refractivity contribution in [3.8, 4) is 6.07 Å². The van der Waals surface area contributed by atoms with Crippen molar-refractivity contribution in [1.29, 1.82) is 5.26 Å². The summed E-state index contributed by atoms with van der Waals surface area (Å²) in [6.07, 6.45) is 2.00. The summed E-state index contributed by atoms with van der Waals surface area (Å²) in [5, 5.41) is 12.8. The molecule has 4 nitrogen and oxygen atoms in total. The molecule has 0 aliphatic carbocycles. The number of anilines is 1. The number of hydrogen-bond donors (Lipinski definition) is 1. The molecule has 1 fully saturated rings. The zero-order valence-corrected chi connectivity index (χ0v) is 12.9. The van der Waals surface area contributed by atoms with E-state index in [1.807, 2.05) is 24.5 Å². The maximum atomic E-state index is 9.33. The van der Waals surface area contributed by atoms with Crippen LogP contribution in [-0.4, -0.2) is 50.0 Å². The molecule has 0 saturated carbocycles. The molecule has 0 bridgehead atoms. The Balaban J connectivity index is 2.00. The molecule has 1 atom stereocenters. The number of hydrogen-bond acceptors (Lipinski definition) is 5. The first kappa shape index (κ1) is 15.2. The van der Waals surface area contributed by atoms with E-state index in [9.17, 15) is 5.26 Å². The van der Waals surface area contributed by atoms with Crippen molar-refractivity contribution >= 4 is 17.4 Å². The molecule has 5 heteroatoms. The first-order valence-corrected chi connectivity index (χ1v) is 8.11. The van der Waals surface area contributed by atoms with Crippen molar-refractivity contribution in [2.45, 2.75) is 17.9 Å². The van der Waals surface area contributed by atoms with Crippen molar-refractivity contribution in [1.82, 2.24) is 4.90 Å². The SMILES string of the molecule is CSc1cccc(NC(C)CN2CCOCC2)c1C#N. The highest BCUT2D eigenvalue weighted by atomic mass is 32.2. The lowest BCUT2D eigenvalue weighted by molar-refractivity contribution is 0.0368. The molecule has 1 saturated heterocycles. The Morgan fingerprint density at radius 2 is 2.20 bits per heavy atom. The zero-order chi connectivity index (χ0) is 14.4. The second-order valence-corrected chi connectivity index (χ2v) is 5.80. The van der Waals surface area contributed by atoms with Crippen LogP contribution >= 0.6 is 11.8 Å². The molecular formula is C15H21N3OS. The first-order valence-electron chi connectivity index (χ1n) is 6.88. The van der Waals surface area contributed by atoms with Gasteiger partial charge in [-0.2, -0.15) is 5.26 Å². The van der Waals surface area contributed by atoms with Crippen molar-refractivity contribution in [2.24, 2.45) is 0 Å². The molecule has 0 amide bonds. The van der Waals surface area contributed by atoms with Crippen LogP contribution in [0.5, 0.6) is 0 Å². The highest BCUT2D eigenvalue weighted by Crippen LogP contribution is 2.26. The summed E-state index contributed by atoms with van der Waals surface area (Å²) in [6.45, 7) is 6.74. The lowest BCUT2D eigenvalue weighted by Gasteiger charge is -2.30. The van der Waals surface area contributed by atoms with E-state index < -0.39 is 0 Å². The van der Waals surface area contributed by atoms with Crippen LogP contribution in [0.4, 0.5) is 5.69 Å². The van der Waals surface area contributed by atoms with E-state index in [4.69, 9.17) is 4.74 Å². The van der Waals surface area contributed by atoms with Crippen LogP contribution < -0.4 is 5.32 Å². The van der Waals surface area contributed by atoms with E-state index in [0.717, 1.165) is 49.0 Å². The van der Waals surface area contributed by atoms with Crippen LogP contribution in [-0.2, 0) is 4.74 Å². The quantitative estimate of drug-likeness (QED) is 0.844. The number of morpholine rings is 1. The number of rotatable bonds is 5. The maximum Gasteiger partial charge on any atom is 0.102 e. The average molecular weight is 291 g/mol. The Morgan fingerprint density at radius 1 is 1.45 bits per heavy atom. The second-order valence-electron chi connectivity index (χ2n) is 4.95. The molecule has 0 aromatic heterocycles. The van der Waals surface area contributed by atoms with Crippen molar-refractivity contribution in [2.75, 3.05) is 44.4 Å². The molecule has 0 spiro atoms. The molecule has 1 heterocycles. The Hall–Kier alpha value is -1.22. The molecular weight excluding hydrogens is 270 g/mol. The number of benzene rings is 1. The molecule has 2 rings (SSSR count). The van der Waals surface area contributed by atoms with Crippen LogP contribution in [0.25, 0.3) is 0 Å². The monoisotopic (exact) mass is 291 g/mol. The zero-order valence-electron chi connectivity index (χ0n) is 12.1. The van der Waals surface area contributed by atoms with Crippen molar-refractivity contribution in [3.63, 3.8) is 0 Å². The van der Waals surface area contributed by atoms with Gasteiger partial charge in [0.05, 0.1) is 24.5 Å². The number of nitrogens with one attached hydrogen (secondary N) is 1. The predicted molar refractivity (Wildman–Crippen MR) is 83.3 cm³/mol. The van der Waals surface area contributed by atoms with Gasteiger partial charge in [-0.05, 0) is 25.3 Å². The van der Waals surface area contributed by atoms with Gasteiger partial charge in [0.25, 0.3) is 0 Å². The molecule has 1 aromatic rings. The van der Waals surface area contributed by atoms with Crippen LogP contribution in [0.15, 0.2) is 23.1 Å². The lowest BCUT2D eigenvalue weighted by Crippen LogP contribution is -2.42. The third-order valence-electron chi connectivity index (χ3n) is 3.40. The minimum absolute atomic E-state index is 0.303. The second kappa shape index (κ2) is 7.53. The summed E-state index contributed by atoms with van der Waals surface area (Å²) in [7, 11) is 0. The highest BCUT2D eigenvalue weighted by Gasteiger charge is 2.15. The van der Waals surface area contributed by atoms with Gasteiger partial charge in [-0.25, -0.2) is 0 Å². The van der Waals surface area contributed by atoms with Crippen LogP contribution in [0.3, 0.4) is 0 Å². The van der Waals surface area contributed by atoms with E-state index in [-0.39, 0.29) is 0 Å². The topological polar surface area (TPSA) is 48.3 Å². The number of ether oxygens (including phenoxy) is 1. The summed E-state index contributed by atoms with van der Waals surface area (Å²) in [5.74, 6) is 0.